The maximum absolute atomic E-state index is 5.46. The normalized spacial score (nSPS) is 15.7. The summed E-state index contributed by atoms with van der Waals surface area (Å²) >= 11 is 0. The van der Waals surface area contributed by atoms with Crippen LogP contribution >= 0.6 is 0 Å². The lowest BCUT2D eigenvalue weighted by Gasteiger charge is -2.26. The van der Waals surface area contributed by atoms with Crippen LogP contribution in [0.1, 0.15) is 0 Å². The molecule has 1 aliphatic rings. The molecule has 6 nitrogen and oxygen atoms in total. The Balaban J connectivity index is 1.45. The summed E-state index contributed by atoms with van der Waals surface area (Å²) in [5, 5.41) is 8.57. The second-order valence-corrected chi connectivity index (χ2v) is 5.88. The van der Waals surface area contributed by atoms with Crippen molar-refractivity contribution in [1.29, 1.82) is 0 Å². The molecule has 6 heteroatoms. The van der Waals surface area contributed by atoms with Crippen LogP contribution in [0.5, 0.6) is 0 Å². The summed E-state index contributed by atoms with van der Waals surface area (Å²) < 4.78 is 12.7. The fourth-order valence-electron chi connectivity index (χ4n) is 2.88. The van der Waals surface area contributed by atoms with Gasteiger partial charge >= 0.3 is 0 Å². The zero-order valence-corrected chi connectivity index (χ0v) is 13.5. The fraction of sp³-hybridized carbons (Fsp3) is 0.333. The molecule has 0 radical (unpaired) electrons. The van der Waals surface area contributed by atoms with Crippen molar-refractivity contribution >= 4 is 0 Å². The average molecular weight is 324 g/mol. The molecule has 0 bridgehead atoms. The molecule has 1 aliphatic heterocycles. The van der Waals surface area contributed by atoms with E-state index in [1.807, 2.05) is 41.2 Å². The van der Waals surface area contributed by atoms with Gasteiger partial charge in [0.15, 0.2) is 0 Å². The number of furan rings is 1. The largest absolute Gasteiger partial charge is 0.464 e. The Morgan fingerprint density at radius 1 is 1.00 bits per heavy atom. The summed E-state index contributed by atoms with van der Waals surface area (Å²) in [5.41, 5.74) is 2.97. The summed E-state index contributed by atoms with van der Waals surface area (Å²) in [5.74, 6) is 0.858. The number of hydrogen-bond donors (Lipinski definition) is 0. The van der Waals surface area contributed by atoms with Crippen molar-refractivity contribution < 1.29 is 9.15 Å². The van der Waals surface area contributed by atoms with Crippen molar-refractivity contribution in [2.24, 2.45) is 0 Å². The van der Waals surface area contributed by atoms with Crippen molar-refractivity contribution in [3.05, 3.63) is 48.9 Å². The van der Waals surface area contributed by atoms with E-state index >= 15 is 0 Å². The molecule has 0 unspecified atom stereocenters. The Hall–Kier alpha value is -2.44. The molecule has 1 fully saturated rings. The lowest BCUT2D eigenvalue weighted by molar-refractivity contribution is 0.0359. The highest BCUT2D eigenvalue weighted by Gasteiger charge is 2.11. The molecule has 2 aromatic heterocycles. The molecule has 24 heavy (non-hydrogen) atoms. The number of nitrogens with zero attached hydrogens (tertiary/aromatic N) is 4. The van der Waals surface area contributed by atoms with E-state index in [0.29, 0.717) is 0 Å². The van der Waals surface area contributed by atoms with Crippen molar-refractivity contribution in [3.8, 4) is 22.6 Å². The maximum Gasteiger partial charge on any atom is 0.133 e. The molecule has 124 valence electrons. The first-order chi connectivity index (χ1) is 11.9. The number of benzene rings is 1. The van der Waals surface area contributed by atoms with Crippen LogP contribution in [0.2, 0.25) is 0 Å². The number of ether oxygens (including phenoxy) is 1. The van der Waals surface area contributed by atoms with Gasteiger partial charge in [-0.1, -0.05) is 23.4 Å². The highest BCUT2D eigenvalue weighted by molar-refractivity contribution is 5.68. The van der Waals surface area contributed by atoms with Gasteiger partial charge in [0.1, 0.15) is 11.5 Å². The van der Waals surface area contributed by atoms with Gasteiger partial charge in [0.05, 0.1) is 32.2 Å². The molecule has 1 saturated heterocycles. The minimum atomic E-state index is 0.822. The van der Waals surface area contributed by atoms with E-state index in [2.05, 4.69) is 21.3 Å². The van der Waals surface area contributed by atoms with Gasteiger partial charge < -0.3 is 9.15 Å². The third kappa shape index (κ3) is 3.39. The average Bonchev–Trinajstić information content (AvgIpc) is 3.33. The molecule has 3 heterocycles. The summed E-state index contributed by atoms with van der Waals surface area (Å²) in [7, 11) is 0. The third-order valence-electron chi connectivity index (χ3n) is 4.25. The van der Waals surface area contributed by atoms with Gasteiger partial charge in [0, 0.05) is 30.8 Å². The van der Waals surface area contributed by atoms with Crippen LogP contribution in [0.4, 0.5) is 0 Å². The molecule has 0 atom stereocenters. The Morgan fingerprint density at radius 3 is 2.71 bits per heavy atom. The van der Waals surface area contributed by atoms with Crippen LogP contribution in [0.25, 0.3) is 22.6 Å². The van der Waals surface area contributed by atoms with Gasteiger partial charge in [0.2, 0.25) is 0 Å². The molecule has 4 rings (SSSR count). The minimum Gasteiger partial charge on any atom is -0.464 e. The Morgan fingerprint density at radius 2 is 1.88 bits per heavy atom. The van der Waals surface area contributed by atoms with Gasteiger partial charge in [-0.25, -0.2) is 0 Å². The van der Waals surface area contributed by atoms with E-state index in [1.165, 1.54) is 0 Å². The van der Waals surface area contributed by atoms with Gasteiger partial charge in [0.25, 0.3) is 0 Å². The van der Waals surface area contributed by atoms with Crippen molar-refractivity contribution in [2.75, 3.05) is 32.8 Å². The maximum atomic E-state index is 5.46. The van der Waals surface area contributed by atoms with E-state index in [0.717, 1.165) is 62.0 Å². The lowest BCUT2D eigenvalue weighted by Crippen LogP contribution is -2.38. The molecule has 0 N–H and O–H groups in total. The van der Waals surface area contributed by atoms with Crippen LogP contribution in [0, 0.1) is 0 Å². The number of hydrogen-bond acceptors (Lipinski definition) is 5. The van der Waals surface area contributed by atoms with Gasteiger partial charge in [-0.05, 0) is 18.2 Å². The Bertz CT molecular complexity index is 776. The van der Waals surface area contributed by atoms with E-state index in [1.54, 1.807) is 6.26 Å². The molecule has 0 aliphatic carbocycles. The second kappa shape index (κ2) is 6.98. The quantitative estimate of drug-likeness (QED) is 0.722. The van der Waals surface area contributed by atoms with E-state index in [9.17, 15) is 0 Å². The first kappa shape index (κ1) is 15.1. The molecule has 3 aromatic rings. The van der Waals surface area contributed by atoms with Gasteiger partial charge in [-0.3, -0.25) is 9.58 Å². The Labute approximate surface area is 140 Å². The van der Waals surface area contributed by atoms with Crippen LogP contribution in [-0.4, -0.2) is 52.7 Å². The number of morpholine rings is 1. The van der Waals surface area contributed by atoms with Crippen LogP contribution in [0.3, 0.4) is 0 Å². The highest BCUT2D eigenvalue weighted by Crippen LogP contribution is 2.25. The third-order valence-corrected chi connectivity index (χ3v) is 4.25. The summed E-state index contributed by atoms with van der Waals surface area (Å²) in [6.07, 6.45) is 3.69. The monoisotopic (exact) mass is 324 g/mol. The first-order valence-electron chi connectivity index (χ1n) is 8.23. The zero-order chi connectivity index (χ0) is 16.2. The molecule has 0 amide bonds. The number of rotatable bonds is 5. The van der Waals surface area contributed by atoms with Crippen LogP contribution in [-0.2, 0) is 11.3 Å². The minimum absolute atomic E-state index is 0.822. The summed E-state index contributed by atoms with van der Waals surface area (Å²) in [6, 6.07) is 12.0. The lowest BCUT2D eigenvalue weighted by atomic mass is 10.1. The fourth-order valence-corrected chi connectivity index (χ4v) is 2.88. The van der Waals surface area contributed by atoms with Crippen molar-refractivity contribution in [3.63, 3.8) is 0 Å². The standard InChI is InChI=1S/C18H20N4O2/c1-3-15(13-16(4-1)18-5-2-10-24-18)17-14-22(20-19-17)7-6-21-8-11-23-12-9-21/h1-5,10,13-14H,6-9,11-12H2. The molecule has 0 saturated carbocycles. The van der Waals surface area contributed by atoms with E-state index < -0.39 is 0 Å². The molecular weight excluding hydrogens is 304 g/mol. The molecule has 1 aromatic carbocycles. The number of aromatic nitrogens is 3. The van der Waals surface area contributed by atoms with E-state index in [4.69, 9.17) is 9.15 Å². The SMILES string of the molecule is c1cc(-c2cn(CCN3CCOCC3)nn2)cc(-c2ccco2)c1. The molecular formula is C18H20N4O2. The topological polar surface area (TPSA) is 56.3 Å². The summed E-state index contributed by atoms with van der Waals surface area (Å²) in [4.78, 5) is 2.39. The first-order valence-corrected chi connectivity index (χ1v) is 8.23. The summed E-state index contributed by atoms with van der Waals surface area (Å²) in [6.45, 7) is 5.44. The highest BCUT2D eigenvalue weighted by atomic mass is 16.5. The van der Waals surface area contributed by atoms with Gasteiger partial charge in [-0.15, -0.1) is 5.10 Å². The zero-order valence-electron chi connectivity index (χ0n) is 13.5. The van der Waals surface area contributed by atoms with Crippen LogP contribution in [0.15, 0.2) is 53.3 Å². The smallest absolute Gasteiger partial charge is 0.133 e. The van der Waals surface area contributed by atoms with Gasteiger partial charge in [-0.2, -0.15) is 0 Å². The van der Waals surface area contributed by atoms with E-state index in [-0.39, 0.29) is 0 Å². The molecule has 0 spiro atoms. The Kier molecular flexibility index (Phi) is 4.40. The predicted octanol–water partition coefficient (Wildman–Crippen LogP) is 2.54. The van der Waals surface area contributed by atoms with Crippen molar-refractivity contribution in [1.82, 2.24) is 19.9 Å². The predicted molar refractivity (Wildman–Crippen MR) is 90.4 cm³/mol. The van der Waals surface area contributed by atoms with Crippen LogP contribution < -0.4 is 0 Å². The second-order valence-electron chi connectivity index (χ2n) is 5.88. The van der Waals surface area contributed by atoms with Crippen molar-refractivity contribution in [2.45, 2.75) is 6.54 Å².